The van der Waals surface area contributed by atoms with Crippen LogP contribution in [-0.4, -0.2) is 56.8 Å². The molecule has 0 bridgehead atoms. The van der Waals surface area contributed by atoms with E-state index in [0.717, 1.165) is 12.1 Å². The minimum atomic E-state index is -0.358. The second kappa shape index (κ2) is 9.73. The lowest BCUT2D eigenvalue weighted by Gasteiger charge is -2.27. The Morgan fingerprint density at radius 2 is 2.19 bits per heavy atom. The molecule has 5 nitrogen and oxygen atoms in total. The van der Waals surface area contributed by atoms with Crippen molar-refractivity contribution in [2.75, 3.05) is 39.9 Å². The van der Waals surface area contributed by atoms with Gasteiger partial charge in [0.05, 0.1) is 19.8 Å². The van der Waals surface area contributed by atoms with Crippen molar-refractivity contribution in [2.45, 2.75) is 12.7 Å². The van der Waals surface area contributed by atoms with Crippen LogP contribution in [0, 0.1) is 0 Å². The molecule has 0 saturated carbocycles. The Kier molecular flexibility index (Phi) is 8.30. The van der Waals surface area contributed by atoms with E-state index in [0.29, 0.717) is 32.9 Å². The summed E-state index contributed by atoms with van der Waals surface area (Å²) in [5, 5.41) is 3.16. The molecule has 1 aliphatic heterocycles. The third kappa shape index (κ3) is 6.01. The van der Waals surface area contributed by atoms with Crippen LogP contribution in [0.25, 0.3) is 0 Å². The van der Waals surface area contributed by atoms with Gasteiger partial charge in [0.2, 0.25) is 0 Å². The van der Waals surface area contributed by atoms with Crippen molar-refractivity contribution in [2.24, 2.45) is 0 Å². The zero-order valence-corrected chi connectivity index (χ0v) is 13.1. The zero-order valence-electron chi connectivity index (χ0n) is 12.3. The summed E-state index contributed by atoms with van der Waals surface area (Å²) in [4.78, 5) is 13.7. The van der Waals surface area contributed by atoms with Gasteiger partial charge in [0.1, 0.15) is 6.10 Å². The largest absolute Gasteiger partial charge is 0.375 e. The number of carbonyl (C=O) groups is 1. The number of rotatable bonds is 6. The molecule has 21 heavy (non-hydrogen) atoms. The first kappa shape index (κ1) is 17.9. The molecule has 2 rings (SSSR count). The molecule has 0 aliphatic carbocycles. The number of likely N-dealkylation sites (N-methyl/N-ethyl adjacent to an activating group) is 1. The number of hydrogen-bond donors (Lipinski definition) is 1. The van der Waals surface area contributed by atoms with Crippen LogP contribution in [0.4, 0.5) is 0 Å². The minimum Gasteiger partial charge on any atom is -0.375 e. The van der Waals surface area contributed by atoms with E-state index in [2.05, 4.69) is 5.32 Å². The van der Waals surface area contributed by atoms with Crippen molar-refractivity contribution >= 4 is 18.3 Å². The smallest absolute Gasteiger partial charge is 0.252 e. The summed E-state index contributed by atoms with van der Waals surface area (Å²) in [5.41, 5.74) is 1.14. The average molecular weight is 315 g/mol. The fraction of sp³-hybridized carbons (Fsp3) is 0.533. The van der Waals surface area contributed by atoms with Gasteiger partial charge in [-0.2, -0.15) is 0 Å². The minimum absolute atomic E-state index is 0. The van der Waals surface area contributed by atoms with Crippen LogP contribution in [0.1, 0.15) is 5.56 Å². The third-order valence-corrected chi connectivity index (χ3v) is 3.26. The molecule has 1 amide bonds. The van der Waals surface area contributed by atoms with E-state index in [4.69, 9.17) is 9.47 Å². The van der Waals surface area contributed by atoms with E-state index in [9.17, 15) is 4.79 Å². The van der Waals surface area contributed by atoms with Crippen LogP contribution >= 0.6 is 12.4 Å². The fourth-order valence-corrected chi connectivity index (χ4v) is 2.05. The van der Waals surface area contributed by atoms with Gasteiger partial charge in [0, 0.05) is 26.7 Å². The van der Waals surface area contributed by atoms with Gasteiger partial charge in [-0.3, -0.25) is 4.79 Å². The van der Waals surface area contributed by atoms with Crippen LogP contribution in [0.15, 0.2) is 30.3 Å². The van der Waals surface area contributed by atoms with Gasteiger partial charge in [-0.05, 0) is 5.56 Å². The monoisotopic (exact) mass is 314 g/mol. The number of carbonyl (C=O) groups excluding carboxylic acids is 1. The van der Waals surface area contributed by atoms with Crippen molar-refractivity contribution in [1.82, 2.24) is 10.2 Å². The highest BCUT2D eigenvalue weighted by molar-refractivity contribution is 5.85. The molecule has 1 saturated heterocycles. The Labute approximate surface area is 132 Å². The average Bonchev–Trinajstić information content (AvgIpc) is 2.52. The van der Waals surface area contributed by atoms with Gasteiger partial charge in [0.25, 0.3) is 5.91 Å². The Hall–Kier alpha value is -1.14. The molecular formula is C15H23ClN2O3. The molecule has 1 aromatic rings. The zero-order chi connectivity index (χ0) is 14.2. The Bertz CT molecular complexity index is 411. The van der Waals surface area contributed by atoms with Crippen molar-refractivity contribution in [3.63, 3.8) is 0 Å². The molecule has 1 unspecified atom stereocenters. The fourth-order valence-electron chi connectivity index (χ4n) is 2.05. The van der Waals surface area contributed by atoms with E-state index in [-0.39, 0.29) is 24.4 Å². The van der Waals surface area contributed by atoms with E-state index in [1.807, 2.05) is 30.3 Å². The van der Waals surface area contributed by atoms with Crippen LogP contribution in [-0.2, 0) is 20.9 Å². The van der Waals surface area contributed by atoms with Crippen molar-refractivity contribution < 1.29 is 14.3 Å². The second-order valence-corrected chi connectivity index (χ2v) is 4.86. The Morgan fingerprint density at radius 3 is 2.86 bits per heavy atom. The first-order chi connectivity index (χ1) is 9.77. The third-order valence-electron chi connectivity index (χ3n) is 3.26. The normalized spacial score (nSPS) is 17.9. The number of amides is 1. The molecule has 1 aromatic carbocycles. The highest BCUT2D eigenvalue weighted by atomic mass is 35.5. The number of halogens is 1. The van der Waals surface area contributed by atoms with E-state index < -0.39 is 0 Å². The molecule has 0 aromatic heterocycles. The highest BCUT2D eigenvalue weighted by Crippen LogP contribution is 2.02. The predicted molar refractivity (Wildman–Crippen MR) is 83.6 cm³/mol. The summed E-state index contributed by atoms with van der Waals surface area (Å²) in [5.74, 6) is 0.0144. The first-order valence-electron chi connectivity index (χ1n) is 6.96. The maximum absolute atomic E-state index is 12.1. The van der Waals surface area contributed by atoms with Crippen molar-refractivity contribution in [1.29, 1.82) is 0 Å². The highest BCUT2D eigenvalue weighted by Gasteiger charge is 2.24. The van der Waals surface area contributed by atoms with Crippen LogP contribution in [0.2, 0.25) is 0 Å². The maximum atomic E-state index is 12.1. The number of nitrogens with zero attached hydrogens (tertiary/aromatic N) is 1. The second-order valence-electron chi connectivity index (χ2n) is 4.86. The van der Waals surface area contributed by atoms with Crippen LogP contribution in [0.5, 0.6) is 0 Å². The lowest BCUT2D eigenvalue weighted by Crippen LogP contribution is -2.48. The predicted octanol–water partition coefficient (Wildman–Crippen LogP) is 1.07. The maximum Gasteiger partial charge on any atom is 0.252 e. The van der Waals surface area contributed by atoms with Gasteiger partial charge in [-0.1, -0.05) is 30.3 Å². The molecule has 0 radical (unpaired) electrons. The SMILES string of the molecule is CN(CCOCc1ccccc1)C(=O)C1CNCCO1.Cl. The Morgan fingerprint density at radius 1 is 1.43 bits per heavy atom. The van der Waals surface area contributed by atoms with Gasteiger partial charge in [-0.15, -0.1) is 12.4 Å². The van der Waals surface area contributed by atoms with E-state index in [1.165, 1.54) is 0 Å². The van der Waals surface area contributed by atoms with Gasteiger partial charge >= 0.3 is 0 Å². The Balaban J connectivity index is 0.00000220. The summed E-state index contributed by atoms with van der Waals surface area (Å²) >= 11 is 0. The summed E-state index contributed by atoms with van der Waals surface area (Å²) in [6.45, 7) is 3.67. The molecule has 1 heterocycles. The standard InChI is InChI=1S/C15H22N2O3.ClH/c1-17(15(18)14-11-16-7-9-20-14)8-10-19-12-13-5-3-2-4-6-13;/h2-6,14,16H,7-12H2,1H3;1H. The lowest BCUT2D eigenvalue weighted by atomic mass is 10.2. The summed E-state index contributed by atoms with van der Waals surface area (Å²) in [6, 6.07) is 10.0. The van der Waals surface area contributed by atoms with E-state index in [1.54, 1.807) is 11.9 Å². The number of benzene rings is 1. The quantitative estimate of drug-likeness (QED) is 0.798. The summed E-state index contributed by atoms with van der Waals surface area (Å²) < 4.78 is 11.0. The number of morpholine rings is 1. The molecule has 1 atom stereocenters. The van der Waals surface area contributed by atoms with Gasteiger partial charge in [-0.25, -0.2) is 0 Å². The molecule has 1 aliphatic rings. The van der Waals surface area contributed by atoms with Crippen LogP contribution < -0.4 is 5.32 Å². The molecule has 118 valence electrons. The molecule has 6 heteroatoms. The number of ether oxygens (including phenoxy) is 2. The van der Waals surface area contributed by atoms with Gasteiger partial charge < -0.3 is 19.7 Å². The summed E-state index contributed by atoms with van der Waals surface area (Å²) in [7, 11) is 1.78. The summed E-state index contributed by atoms with van der Waals surface area (Å²) in [6.07, 6.45) is -0.358. The number of nitrogens with one attached hydrogen (secondary N) is 1. The van der Waals surface area contributed by atoms with E-state index >= 15 is 0 Å². The van der Waals surface area contributed by atoms with Crippen molar-refractivity contribution in [3.05, 3.63) is 35.9 Å². The number of hydrogen-bond acceptors (Lipinski definition) is 4. The first-order valence-corrected chi connectivity index (χ1v) is 6.96. The molecular weight excluding hydrogens is 292 g/mol. The van der Waals surface area contributed by atoms with Crippen LogP contribution in [0.3, 0.4) is 0 Å². The van der Waals surface area contributed by atoms with Crippen molar-refractivity contribution in [3.8, 4) is 0 Å². The topological polar surface area (TPSA) is 50.8 Å². The lowest BCUT2D eigenvalue weighted by molar-refractivity contribution is -0.144. The molecule has 1 N–H and O–H groups in total. The molecule has 1 fully saturated rings. The molecule has 0 spiro atoms. The van der Waals surface area contributed by atoms with Gasteiger partial charge in [0.15, 0.2) is 0 Å².